The number of furan rings is 1. The third kappa shape index (κ3) is 1.83. The number of aromatic amines is 1. The van der Waals surface area contributed by atoms with Crippen molar-refractivity contribution in [2.45, 2.75) is 0 Å². The van der Waals surface area contributed by atoms with Gasteiger partial charge in [0.15, 0.2) is 16.0 Å². The number of rotatable bonds is 2. The van der Waals surface area contributed by atoms with Crippen molar-refractivity contribution in [3.8, 4) is 11.3 Å². The lowest BCUT2D eigenvalue weighted by atomic mass is 10.2. The standard InChI is InChI=1S/C12H7NO2S2/c14-6-8-2-4-10(15-8)7-1-3-9-11(5-7)17-12(16)13-9/h1-6H,(H,13,16). The molecule has 17 heavy (non-hydrogen) atoms. The predicted octanol–water partition coefficient (Wildman–Crippen LogP) is 4.03. The molecule has 0 atom stereocenters. The van der Waals surface area contributed by atoms with Crippen LogP contribution in [0.1, 0.15) is 10.6 Å². The highest BCUT2D eigenvalue weighted by Crippen LogP contribution is 2.27. The molecular weight excluding hydrogens is 254 g/mol. The maximum absolute atomic E-state index is 10.6. The number of hydrogen-bond donors (Lipinski definition) is 1. The van der Waals surface area contributed by atoms with E-state index in [-0.39, 0.29) is 0 Å². The highest BCUT2D eigenvalue weighted by atomic mass is 32.1. The Morgan fingerprint density at radius 1 is 1.29 bits per heavy atom. The summed E-state index contributed by atoms with van der Waals surface area (Å²) in [5.74, 6) is 1.02. The summed E-state index contributed by atoms with van der Waals surface area (Å²) in [6.45, 7) is 0. The highest BCUT2D eigenvalue weighted by Gasteiger charge is 2.06. The number of carbonyl (C=O) groups is 1. The molecule has 3 nitrogen and oxygen atoms in total. The third-order valence-corrected chi connectivity index (χ3v) is 3.65. The number of fused-ring (bicyclic) bond motifs is 1. The maximum Gasteiger partial charge on any atom is 0.185 e. The van der Waals surface area contributed by atoms with Gasteiger partial charge >= 0.3 is 0 Å². The molecule has 0 radical (unpaired) electrons. The number of H-pyrrole nitrogens is 1. The monoisotopic (exact) mass is 261 g/mol. The van der Waals surface area contributed by atoms with Crippen LogP contribution in [0.15, 0.2) is 34.7 Å². The molecule has 0 spiro atoms. The van der Waals surface area contributed by atoms with Crippen LogP contribution in [0.2, 0.25) is 0 Å². The second kappa shape index (κ2) is 3.94. The smallest absolute Gasteiger partial charge is 0.185 e. The molecule has 0 unspecified atom stereocenters. The van der Waals surface area contributed by atoms with Gasteiger partial charge in [-0.1, -0.05) is 0 Å². The van der Waals surface area contributed by atoms with Crippen LogP contribution in [0.25, 0.3) is 21.5 Å². The van der Waals surface area contributed by atoms with E-state index in [0.717, 1.165) is 19.7 Å². The zero-order chi connectivity index (χ0) is 11.8. The van der Waals surface area contributed by atoms with Crippen LogP contribution < -0.4 is 0 Å². The van der Waals surface area contributed by atoms with Crippen molar-refractivity contribution in [3.63, 3.8) is 0 Å². The average Bonchev–Trinajstić information content (AvgIpc) is 2.92. The summed E-state index contributed by atoms with van der Waals surface area (Å²) >= 11 is 6.61. The molecule has 0 bridgehead atoms. The van der Waals surface area contributed by atoms with Crippen molar-refractivity contribution in [1.29, 1.82) is 0 Å². The fraction of sp³-hybridized carbons (Fsp3) is 0. The Hall–Kier alpha value is -1.72. The summed E-state index contributed by atoms with van der Waals surface area (Å²) in [4.78, 5) is 13.7. The van der Waals surface area contributed by atoms with E-state index in [9.17, 15) is 4.79 Å². The first-order valence-electron chi connectivity index (χ1n) is 4.94. The number of hydrogen-bond acceptors (Lipinski definition) is 4. The number of thiazole rings is 1. The first kappa shape index (κ1) is 10.4. The van der Waals surface area contributed by atoms with Crippen molar-refractivity contribution >= 4 is 40.1 Å². The lowest BCUT2D eigenvalue weighted by Crippen LogP contribution is -1.74. The second-order valence-corrected chi connectivity index (χ2v) is 5.26. The SMILES string of the molecule is O=Cc1ccc(-c2ccc3[nH]c(=S)sc3c2)o1. The van der Waals surface area contributed by atoms with Gasteiger partial charge in [0.1, 0.15) is 5.76 Å². The average molecular weight is 261 g/mol. The Kier molecular flexibility index (Phi) is 2.42. The summed E-state index contributed by atoms with van der Waals surface area (Å²) in [6.07, 6.45) is 0.697. The Morgan fingerprint density at radius 3 is 2.94 bits per heavy atom. The molecule has 0 fully saturated rings. The number of nitrogens with one attached hydrogen (secondary N) is 1. The van der Waals surface area contributed by atoms with Gasteiger partial charge in [-0.3, -0.25) is 4.79 Å². The molecule has 2 aromatic heterocycles. The van der Waals surface area contributed by atoms with E-state index in [1.165, 1.54) is 11.3 Å². The number of aromatic nitrogens is 1. The van der Waals surface area contributed by atoms with Gasteiger partial charge in [0.05, 0.1) is 10.2 Å². The Labute approximate surface area is 106 Å². The van der Waals surface area contributed by atoms with Crippen LogP contribution in [0.5, 0.6) is 0 Å². The molecule has 0 saturated carbocycles. The van der Waals surface area contributed by atoms with E-state index in [0.29, 0.717) is 17.8 Å². The largest absolute Gasteiger partial charge is 0.453 e. The predicted molar refractivity (Wildman–Crippen MR) is 70.1 cm³/mol. The van der Waals surface area contributed by atoms with E-state index >= 15 is 0 Å². The van der Waals surface area contributed by atoms with Crippen molar-refractivity contribution in [1.82, 2.24) is 4.98 Å². The maximum atomic E-state index is 10.6. The van der Waals surface area contributed by atoms with Gasteiger partial charge < -0.3 is 9.40 Å². The summed E-state index contributed by atoms with van der Waals surface area (Å²) in [5.41, 5.74) is 1.96. The van der Waals surface area contributed by atoms with Gasteiger partial charge in [-0.05, 0) is 42.5 Å². The molecule has 0 aliphatic carbocycles. The van der Waals surface area contributed by atoms with Crippen LogP contribution >= 0.6 is 23.6 Å². The topological polar surface area (TPSA) is 46.0 Å². The minimum atomic E-state index is 0.335. The van der Waals surface area contributed by atoms with Gasteiger partial charge in [-0.2, -0.15) is 0 Å². The molecule has 0 aliphatic rings. The van der Waals surface area contributed by atoms with Crippen LogP contribution in [0.3, 0.4) is 0 Å². The van der Waals surface area contributed by atoms with Crippen molar-refractivity contribution in [2.24, 2.45) is 0 Å². The lowest BCUT2D eigenvalue weighted by molar-refractivity contribution is 0.110. The Morgan fingerprint density at radius 2 is 2.18 bits per heavy atom. The summed E-state index contributed by atoms with van der Waals surface area (Å²) in [5, 5.41) is 0. The first-order chi connectivity index (χ1) is 8.26. The molecule has 0 amide bonds. The minimum absolute atomic E-state index is 0.335. The van der Waals surface area contributed by atoms with E-state index in [1.54, 1.807) is 12.1 Å². The molecule has 0 saturated heterocycles. The number of aldehydes is 1. The highest BCUT2D eigenvalue weighted by molar-refractivity contribution is 7.73. The fourth-order valence-electron chi connectivity index (χ4n) is 1.67. The molecular formula is C12H7NO2S2. The van der Waals surface area contributed by atoms with Gasteiger partial charge in [-0.15, -0.1) is 11.3 Å². The molecule has 2 heterocycles. The van der Waals surface area contributed by atoms with Crippen molar-refractivity contribution < 1.29 is 9.21 Å². The van der Waals surface area contributed by atoms with E-state index in [4.69, 9.17) is 16.6 Å². The van der Waals surface area contributed by atoms with E-state index in [2.05, 4.69) is 4.98 Å². The van der Waals surface area contributed by atoms with Crippen LogP contribution in [0.4, 0.5) is 0 Å². The minimum Gasteiger partial charge on any atom is -0.453 e. The third-order valence-electron chi connectivity index (χ3n) is 2.45. The van der Waals surface area contributed by atoms with Crippen molar-refractivity contribution in [3.05, 3.63) is 40.0 Å². The zero-order valence-electron chi connectivity index (χ0n) is 8.60. The lowest BCUT2D eigenvalue weighted by Gasteiger charge is -1.96. The van der Waals surface area contributed by atoms with E-state index in [1.807, 2.05) is 18.2 Å². The molecule has 1 N–H and O–H groups in total. The second-order valence-electron chi connectivity index (χ2n) is 3.55. The number of benzene rings is 1. The Bertz CT molecular complexity index is 751. The van der Waals surface area contributed by atoms with Gasteiger partial charge in [-0.25, -0.2) is 0 Å². The Balaban J connectivity index is 2.16. The van der Waals surface area contributed by atoms with Gasteiger partial charge in [0, 0.05) is 5.56 Å². The molecule has 3 aromatic rings. The molecule has 3 rings (SSSR count). The molecule has 1 aromatic carbocycles. The fourth-order valence-corrected chi connectivity index (χ4v) is 2.82. The van der Waals surface area contributed by atoms with Crippen LogP contribution in [-0.4, -0.2) is 11.3 Å². The quantitative estimate of drug-likeness (QED) is 0.559. The van der Waals surface area contributed by atoms with Gasteiger partial charge in [0.25, 0.3) is 0 Å². The summed E-state index contributed by atoms with van der Waals surface area (Å²) in [7, 11) is 0. The molecule has 0 aliphatic heterocycles. The van der Waals surface area contributed by atoms with Crippen LogP contribution in [0, 0.1) is 3.95 Å². The number of carbonyl (C=O) groups excluding carboxylic acids is 1. The normalized spacial score (nSPS) is 10.8. The van der Waals surface area contributed by atoms with Crippen LogP contribution in [-0.2, 0) is 0 Å². The molecule has 84 valence electrons. The van der Waals surface area contributed by atoms with Gasteiger partial charge in [0.2, 0.25) is 0 Å². The first-order valence-corrected chi connectivity index (χ1v) is 6.17. The summed E-state index contributed by atoms with van der Waals surface area (Å²) < 4.78 is 7.21. The zero-order valence-corrected chi connectivity index (χ0v) is 10.2. The summed E-state index contributed by atoms with van der Waals surface area (Å²) in [6, 6.07) is 9.34. The van der Waals surface area contributed by atoms with Crippen molar-refractivity contribution in [2.75, 3.05) is 0 Å². The van der Waals surface area contributed by atoms with E-state index < -0.39 is 0 Å². The molecule has 5 heteroatoms.